The predicted molar refractivity (Wildman–Crippen MR) is 99.0 cm³/mol. The number of aldehydes is 1. The first kappa shape index (κ1) is 15.1. The molecule has 4 rings (SSSR count). The van der Waals surface area contributed by atoms with Crippen LogP contribution >= 0.6 is 0 Å². The molecule has 1 heterocycles. The van der Waals surface area contributed by atoms with Crippen LogP contribution in [0, 0.1) is 0 Å². The molecular formula is C22H15NO2. The minimum absolute atomic E-state index is 0.0539. The summed E-state index contributed by atoms with van der Waals surface area (Å²) in [7, 11) is 0. The fourth-order valence-electron chi connectivity index (χ4n) is 3.07. The predicted octanol–water partition coefficient (Wildman–Crippen LogP) is 4.88. The third kappa shape index (κ3) is 2.66. The first-order valence-electron chi connectivity index (χ1n) is 8.04. The molecule has 120 valence electrons. The van der Waals surface area contributed by atoms with Crippen molar-refractivity contribution in [3.8, 4) is 11.3 Å². The number of benzene rings is 3. The number of fused-ring (bicyclic) bond motifs is 1. The summed E-state index contributed by atoms with van der Waals surface area (Å²) in [5.41, 5.74) is 4.33. The molecule has 0 saturated carbocycles. The van der Waals surface area contributed by atoms with E-state index in [-0.39, 0.29) is 5.78 Å². The number of rotatable bonds is 4. The van der Waals surface area contributed by atoms with Gasteiger partial charge in [-0.3, -0.25) is 9.59 Å². The van der Waals surface area contributed by atoms with Gasteiger partial charge in [-0.1, -0.05) is 60.7 Å². The molecule has 25 heavy (non-hydrogen) atoms. The summed E-state index contributed by atoms with van der Waals surface area (Å²) in [6.07, 6.45) is 0.845. The lowest BCUT2D eigenvalue weighted by Gasteiger charge is -2.02. The van der Waals surface area contributed by atoms with Gasteiger partial charge < -0.3 is 4.98 Å². The molecule has 0 unspecified atom stereocenters. The molecule has 0 fully saturated rings. The lowest BCUT2D eigenvalue weighted by molar-refractivity contribution is 0.103. The second-order valence-electron chi connectivity index (χ2n) is 5.85. The third-order valence-corrected chi connectivity index (χ3v) is 4.32. The van der Waals surface area contributed by atoms with Gasteiger partial charge in [-0.15, -0.1) is 0 Å². The Morgan fingerprint density at radius 3 is 2.16 bits per heavy atom. The van der Waals surface area contributed by atoms with Crippen LogP contribution in [0.25, 0.3) is 22.2 Å². The number of carbonyl (C=O) groups excluding carboxylic acids is 2. The number of aromatic nitrogens is 1. The zero-order valence-corrected chi connectivity index (χ0v) is 13.4. The van der Waals surface area contributed by atoms with Gasteiger partial charge in [0.2, 0.25) is 0 Å². The van der Waals surface area contributed by atoms with Crippen LogP contribution in [0.4, 0.5) is 0 Å². The van der Waals surface area contributed by atoms with Crippen molar-refractivity contribution >= 4 is 23.0 Å². The van der Waals surface area contributed by atoms with E-state index in [1.807, 2.05) is 54.6 Å². The number of H-pyrrole nitrogens is 1. The summed E-state index contributed by atoms with van der Waals surface area (Å²) in [5.74, 6) is -0.0539. The lowest BCUT2D eigenvalue weighted by atomic mass is 10.00. The highest BCUT2D eigenvalue weighted by Crippen LogP contribution is 2.30. The Kier molecular flexibility index (Phi) is 3.75. The smallest absolute Gasteiger partial charge is 0.193 e. The van der Waals surface area contributed by atoms with E-state index in [1.54, 1.807) is 24.3 Å². The normalized spacial score (nSPS) is 10.7. The molecule has 0 aliphatic rings. The minimum atomic E-state index is -0.0539. The monoisotopic (exact) mass is 325 g/mol. The second kappa shape index (κ2) is 6.21. The van der Waals surface area contributed by atoms with E-state index < -0.39 is 0 Å². The Bertz CT molecular complexity index is 1060. The zero-order chi connectivity index (χ0) is 17.2. The van der Waals surface area contributed by atoms with Gasteiger partial charge in [-0.05, 0) is 23.8 Å². The molecule has 1 aromatic heterocycles. The summed E-state index contributed by atoms with van der Waals surface area (Å²) in [4.78, 5) is 27.7. The van der Waals surface area contributed by atoms with Crippen molar-refractivity contribution in [3.63, 3.8) is 0 Å². The van der Waals surface area contributed by atoms with Crippen LogP contribution in [-0.4, -0.2) is 17.1 Å². The molecule has 0 saturated heterocycles. The summed E-state index contributed by atoms with van der Waals surface area (Å²) >= 11 is 0. The highest BCUT2D eigenvalue weighted by Gasteiger charge is 2.15. The summed E-state index contributed by atoms with van der Waals surface area (Å²) in [6, 6.07) is 24.3. The van der Waals surface area contributed by atoms with Crippen molar-refractivity contribution in [2.75, 3.05) is 0 Å². The van der Waals surface area contributed by atoms with E-state index in [9.17, 15) is 9.59 Å². The first-order chi connectivity index (χ1) is 12.3. The largest absolute Gasteiger partial charge is 0.354 e. The van der Waals surface area contributed by atoms with E-state index >= 15 is 0 Å². The Morgan fingerprint density at radius 2 is 1.48 bits per heavy atom. The summed E-state index contributed by atoms with van der Waals surface area (Å²) < 4.78 is 0. The third-order valence-electron chi connectivity index (χ3n) is 4.32. The van der Waals surface area contributed by atoms with Crippen LogP contribution in [0.2, 0.25) is 0 Å². The van der Waals surface area contributed by atoms with Crippen LogP contribution in [0.5, 0.6) is 0 Å². The topological polar surface area (TPSA) is 49.9 Å². The van der Waals surface area contributed by atoms with Crippen molar-refractivity contribution in [3.05, 3.63) is 95.6 Å². The van der Waals surface area contributed by atoms with Gasteiger partial charge in [0, 0.05) is 27.6 Å². The number of hydrogen-bond donors (Lipinski definition) is 1. The number of carbonyl (C=O) groups is 2. The van der Waals surface area contributed by atoms with Crippen LogP contribution < -0.4 is 0 Å². The fourth-order valence-corrected chi connectivity index (χ4v) is 3.07. The molecule has 3 nitrogen and oxygen atoms in total. The minimum Gasteiger partial charge on any atom is -0.354 e. The van der Waals surface area contributed by atoms with Crippen LogP contribution in [0.15, 0.2) is 78.9 Å². The van der Waals surface area contributed by atoms with Gasteiger partial charge in [0.1, 0.15) is 0 Å². The maximum absolute atomic E-state index is 12.7. The van der Waals surface area contributed by atoms with Gasteiger partial charge in [0.15, 0.2) is 12.1 Å². The first-order valence-corrected chi connectivity index (χ1v) is 8.04. The standard InChI is InChI=1S/C22H15NO2/c24-14-19-18-13-17(22(25)16-9-5-2-6-10-16)11-12-20(18)23-21(19)15-7-3-1-4-8-15/h1-14,23H. The molecule has 0 atom stereocenters. The van der Waals surface area contributed by atoms with Crippen molar-refractivity contribution in [1.82, 2.24) is 4.98 Å². The molecule has 0 spiro atoms. The van der Waals surface area contributed by atoms with E-state index in [2.05, 4.69) is 4.98 Å². The Balaban J connectivity index is 1.86. The fraction of sp³-hybridized carbons (Fsp3) is 0. The SMILES string of the molecule is O=Cc1c(-c2ccccc2)[nH]c2ccc(C(=O)c3ccccc3)cc12. The number of aromatic amines is 1. The van der Waals surface area contributed by atoms with Crippen molar-refractivity contribution in [1.29, 1.82) is 0 Å². The van der Waals surface area contributed by atoms with E-state index in [1.165, 1.54) is 0 Å². The summed E-state index contributed by atoms with van der Waals surface area (Å²) in [5, 5.41) is 0.760. The second-order valence-corrected chi connectivity index (χ2v) is 5.85. The van der Waals surface area contributed by atoms with Gasteiger partial charge in [-0.25, -0.2) is 0 Å². The molecule has 0 aliphatic heterocycles. The van der Waals surface area contributed by atoms with Crippen molar-refractivity contribution < 1.29 is 9.59 Å². The molecule has 3 aromatic carbocycles. The highest BCUT2D eigenvalue weighted by molar-refractivity contribution is 6.12. The Hall–Kier alpha value is -3.46. The van der Waals surface area contributed by atoms with Gasteiger partial charge in [-0.2, -0.15) is 0 Å². The van der Waals surface area contributed by atoms with Gasteiger partial charge >= 0.3 is 0 Å². The van der Waals surface area contributed by atoms with Crippen LogP contribution in [0.1, 0.15) is 26.3 Å². The van der Waals surface area contributed by atoms with Crippen LogP contribution in [-0.2, 0) is 0 Å². The molecule has 0 bridgehead atoms. The van der Waals surface area contributed by atoms with E-state index in [0.29, 0.717) is 16.7 Å². The Labute approximate surface area is 144 Å². The number of nitrogens with one attached hydrogen (secondary N) is 1. The maximum atomic E-state index is 12.7. The van der Waals surface area contributed by atoms with Crippen molar-refractivity contribution in [2.24, 2.45) is 0 Å². The molecule has 3 heteroatoms. The summed E-state index contributed by atoms with van der Waals surface area (Å²) in [6.45, 7) is 0. The highest BCUT2D eigenvalue weighted by atomic mass is 16.1. The number of hydrogen-bond acceptors (Lipinski definition) is 2. The van der Waals surface area contributed by atoms with Gasteiger partial charge in [0.25, 0.3) is 0 Å². The number of ketones is 1. The van der Waals surface area contributed by atoms with Gasteiger partial charge in [0.05, 0.1) is 5.69 Å². The quantitative estimate of drug-likeness (QED) is 0.429. The molecule has 0 aliphatic carbocycles. The molecule has 0 amide bonds. The average Bonchev–Trinajstić information content (AvgIpc) is 3.06. The molecular weight excluding hydrogens is 310 g/mol. The molecule has 0 radical (unpaired) electrons. The van der Waals surface area contributed by atoms with Crippen LogP contribution in [0.3, 0.4) is 0 Å². The lowest BCUT2D eigenvalue weighted by Crippen LogP contribution is -2.00. The maximum Gasteiger partial charge on any atom is 0.193 e. The van der Waals surface area contributed by atoms with E-state index in [0.717, 1.165) is 28.4 Å². The van der Waals surface area contributed by atoms with Crippen molar-refractivity contribution in [2.45, 2.75) is 0 Å². The van der Waals surface area contributed by atoms with E-state index in [4.69, 9.17) is 0 Å². The Morgan fingerprint density at radius 1 is 0.800 bits per heavy atom. The molecule has 4 aromatic rings. The molecule has 1 N–H and O–H groups in total. The average molecular weight is 325 g/mol. The zero-order valence-electron chi connectivity index (χ0n) is 13.4.